The minimum Gasteiger partial charge on any atom is -0.374 e. The van der Waals surface area contributed by atoms with Gasteiger partial charge in [0.05, 0.1) is 16.4 Å². The number of alkyl halides is 3. The van der Waals surface area contributed by atoms with E-state index in [2.05, 4.69) is 16.0 Å². The van der Waals surface area contributed by atoms with Crippen molar-refractivity contribution in [3.63, 3.8) is 0 Å². The number of oxime groups is 1. The standard InChI is InChI=1S/C19H16Cl3F3N4O2/c1-29(2)17(30)27-26-15-5-10(3-4-14(15)22)16-9-18(31-28-16,19(23,24)25)11-6-12(20)8-13(21)7-11/h3-8,26H,9H2,1-2H3,(H,27,30). The Morgan fingerprint density at radius 2 is 1.77 bits per heavy atom. The Bertz CT molecular complexity index is 1030. The number of amides is 2. The summed E-state index contributed by atoms with van der Waals surface area (Å²) in [4.78, 5) is 18.0. The first-order valence-corrected chi connectivity index (χ1v) is 9.88. The van der Waals surface area contributed by atoms with Gasteiger partial charge in [0, 0.05) is 41.7 Å². The third kappa shape index (κ3) is 4.78. The van der Waals surface area contributed by atoms with E-state index in [-0.39, 0.29) is 32.0 Å². The highest BCUT2D eigenvalue weighted by Crippen LogP contribution is 2.49. The molecule has 0 aliphatic carbocycles. The molecule has 1 aliphatic heterocycles. The summed E-state index contributed by atoms with van der Waals surface area (Å²) in [5.41, 5.74) is 2.66. The highest BCUT2D eigenvalue weighted by Gasteiger charge is 2.62. The van der Waals surface area contributed by atoms with Crippen LogP contribution in [0.15, 0.2) is 41.6 Å². The number of benzene rings is 2. The van der Waals surface area contributed by atoms with E-state index in [1.54, 1.807) is 14.1 Å². The van der Waals surface area contributed by atoms with Crippen molar-refractivity contribution in [2.45, 2.75) is 18.2 Å². The first-order chi connectivity index (χ1) is 14.4. The summed E-state index contributed by atoms with van der Waals surface area (Å²) in [7, 11) is 3.08. The number of anilines is 1. The summed E-state index contributed by atoms with van der Waals surface area (Å²) < 4.78 is 42.3. The van der Waals surface area contributed by atoms with Gasteiger partial charge in [-0.3, -0.25) is 10.9 Å². The number of hydrazine groups is 1. The Balaban J connectivity index is 1.92. The van der Waals surface area contributed by atoms with Gasteiger partial charge < -0.3 is 9.74 Å². The van der Waals surface area contributed by atoms with Crippen LogP contribution in [0.2, 0.25) is 15.1 Å². The lowest BCUT2D eigenvalue weighted by atomic mass is 9.86. The lowest BCUT2D eigenvalue weighted by Gasteiger charge is -2.29. The molecule has 166 valence electrons. The molecule has 0 bridgehead atoms. The van der Waals surface area contributed by atoms with Crippen molar-refractivity contribution < 1.29 is 22.8 Å². The van der Waals surface area contributed by atoms with E-state index < -0.39 is 24.2 Å². The van der Waals surface area contributed by atoms with Gasteiger partial charge in [-0.2, -0.15) is 13.2 Å². The van der Waals surface area contributed by atoms with Crippen LogP contribution in [0, 0.1) is 0 Å². The molecule has 1 heterocycles. The van der Waals surface area contributed by atoms with Crippen LogP contribution in [0.25, 0.3) is 0 Å². The minimum atomic E-state index is -4.81. The number of urea groups is 1. The number of nitrogens with zero attached hydrogens (tertiary/aromatic N) is 2. The van der Waals surface area contributed by atoms with Gasteiger partial charge in [0.15, 0.2) is 0 Å². The number of hydrogen-bond donors (Lipinski definition) is 2. The Hall–Kier alpha value is -2.36. The quantitative estimate of drug-likeness (QED) is 0.525. The Morgan fingerprint density at radius 1 is 1.13 bits per heavy atom. The van der Waals surface area contributed by atoms with Crippen molar-refractivity contribution in [1.29, 1.82) is 0 Å². The Kier molecular flexibility index (Phi) is 6.50. The number of halogens is 6. The molecular formula is C19H16Cl3F3N4O2. The molecular weight excluding hydrogens is 480 g/mol. The number of hydrogen-bond acceptors (Lipinski definition) is 4. The normalized spacial score (nSPS) is 18.3. The molecule has 0 aromatic heterocycles. The summed E-state index contributed by atoms with van der Waals surface area (Å²) in [5, 5.41) is 4.02. The van der Waals surface area contributed by atoms with Crippen LogP contribution < -0.4 is 10.9 Å². The molecule has 6 nitrogen and oxygen atoms in total. The second-order valence-electron chi connectivity index (χ2n) is 6.93. The lowest BCUT2D eigenvalue weighted by Crippen LogP contribution is -2.42. The highest BCUT2D eigenvalue weighted by molar-refractivity contribution is 6.34. The minimum absolute atomic E-state index is 0.0343. The van der Waals surface area contributed by atoms with Crippen LogP contribution in [-0.2, 0) is 10.4 Å². The molecule has 1 aliphatic rings. The topological polar surface area (TPSA) is 66.0 Å². The van der Waals surface area contributed by atoms with E-state index >= 15 is 0 Å². The molecule has 31 heavy (non-hydrogen) atoms. The molecule has 2 aromatic carbocycles. The average Bonchev–Trinajstić information content (AvgIpc) is 3.13. The average molecular weight is 496 g/mol. The van der Waals surface area contributed by atoms with Crippen molar-refractivity contribution in [2.24, 2.45) is 5.16 Å². The highest BCUT2D eigenvalue weighted by atomic mass is 35.5. The van der Waals surface area contributed by atoms with Gasteiger partial charge >= 0.3 is 12.2 Å². The Morgan fingerprint density at radius 3 is 2.35 bits per heavy atom. The SMILES string of the molecule is CN(C)C(=O)NNc1cc(C2=NOC(c3cc(Cl)cc(Cl)c3)(C(F)(F)F)C2)ccc1Cl. The summed E-state index contributed by atoms with van der Waals surface area (Å²) in [6, 6.07) is 7.59. The fraction of sp³-hybridized carbons (Fsp3) is 0.263. The van der Waals surface area contributed by atoms with Gasteiger partial charge in [-0.15, -0.1) is 0 Å². The Labute approximate surface area is 190 Å². The number of nitrogens with one attached hydrogen (secondary N) is 2. The van der Waals surface area contributed by atoms with E-state index in [0.29, 0.717) is 5.56 Å². The summed E-state index contributed by atoms with van der Waals surface area (Å²) in [6.45, 7) is 0. The molecule has 1 atom stereocenters. The number of rotatable bonds is 4. The first kappa shape index (κ1) is 23.3. The third-order valence-electron chi connectivity index (χ3n) is 4.52. The zero-order chi connectivity index (χ0) is 23.0. The molecule has 2 amide bonds. The molecule has 0 saturated heterocycles. The van der Waals surface area contributed by atoms with Crippen molar-refractivity contribution in [3.05, 3.63) is 62.6 Å². The van der Waals surface area contributed by atoms with E-state index in [9.17, 15) is 18.0 Å². The maximum Gasteiger partial charge on any atom is 0.435 e. The monoisotopic (exact) mass is 494 g/mol. The van der Waals surface area contributed by atoms with Crippen molar-refractivity contribution >= 4 is 52.2 Å². The van der Waals surface area contributed by atoms with Gasteiger partial charge in [0.25, 0.3) is 5.60 Å². The van der Waals surface area contributed by atoms with Crippen molar-refractivity contribution in [2.75, 3.05) is 19.5 Å². The fourth-order valence-electron chi connectivity index (χ4n) is 2.88. The van der Waals surface area contributed by atoms with Gasteiger partial charge in [0.1, 0.15) is 0 Å². The van der Waals surface area contributed by atoms with Crippen LogP contribution in [0.1, 0.15) is 17.5 Å². The van der Waals surface area contributed by atoms with Crippen LogP contribution in [0.4, 0.5) is 23.7 Å². The van der Waals surface area contributed by atoms with Gasteiger partial charge in [-0.05, 0) is 30.3 Å². The summed E-state index contributed by atoms with van der Waals surface area (Å²) >= 11 is 17.9. The lowest BCUT2D eigenvalue weighted by molar-refractivity contribution is -0.275. The zero-order valence-corrected chi connectivity index (χ0v) is 18.4. The van der Waals surface area contributed by atoms with Crippen LogP contribution >= 0.6 is 34.8 Å². The molecule has 12 heteroatoms. The smallest absolute Gasteiger partial charge is 0.374 e. The first-order valence-electron chi connectivity index (χ1n) is 8.74. The maximum atomic E-state index is 14.1. The molecule has 1 unspecified atom stereocenters. The van der Waals surface area contributed by atoms with E-state index in [4.69, 9.17) is 39.6 Å². The van der Waals surface area contributed by atoms with Gasteiger partial charge in [-0.1, -0.05) is 46.0 Å². The second kappa shape index (κ2) is 8.64. The van der Waals surface area contributed by atoms with Crippen LogP contribution in [-0.4, -0.2) is 36.9 Å². The molecule has 2 N–H and O–H groups in total. The van der Waals surface area contributed by atoms with E-state index in [1.165, 1.54) is 29.2 Å². The second-order valence-corrected chi connectivity index (χ2v) is 8.21. The largest absolute Gasteiger partial charge is 0.435 e. The molecule has 0 saturated carbocycles. The van der Waals surface area contributed by atoms with E-state index in [1.807, 2.05) is 0 Å². The number of carbonyl (C=O) groups is 1. The van der Waals surface area contributed by atoms with Crippen molar-refractivity contribution in [3.8, 4) is 0 Å². The third-order valence-corrected chi connectivity index (χ3v) is 5.29. The molecule has 2 aromatic rings. The zero-order valence-electron chi connectivity index (χ0n) is 16.1. The van der Waals surface area contributed by atoms with E-state index in [0.717, 1.165) is 12.1 Å². The van der Waals surface area contributed by atoms with Gasteiger partial charge in [0.2, 0.25) is 0 Å². The maximum absolute atomic E-state index is 14.1. The summed E-state index contributed by atoms with van der Waals surface area (Å²) in [6.07, 6.45) is -5.42. The molecule has 0 radical (unpaired) electrons. The molecule has 0 spiro atoms. The van der Waals surface area contributed by atoms with Gasteiger partial charge in [-0.25, -0.2) is 4.79 Å². The predicted octanol–water partition coefficient (Wildman–Crippen LogP) is 5.83. The fourth-order valence-corrected chi connectivity index (χ4v) is 3.57. The summed E-state index contributed by atoms with van der Waals surface area (Å²) in [5.74, 6) is 0. The molecule has 0 fully saturated rings. The predicted molar refractivity (Wildman–Crippen MR) is 114 cm³/mol. The number of carbonyl (C=O) groups excluding carboxylic acids is 1. The molecule has 3 rings (SSSR count). The van der Waals surface area contributed by atoms with Crippen LogP contribution in [0.5, 0.6) is 0 Å². The van der Waals surface area contributed by atoms with Crippen molar-refractivity contribution in [1.82, 2.24) is 10.3 Å². The van der Waals surface area contributed by atoms with Crippen LogP contribution in [0.3, 0.4) is 0 Å².